The number of carbonyl (C=O) groups excluding carboxylic acids is 1. The third-order valence-corrected chi connectivity index (χ3v) is 6.35. The number of fused-ring (bicyclic) bond motifs is 4. The van der Waals surface area contributed by atoms with Crippen molar-refractivity contribution in [2.45, 2.75) is 18.7 Å². The Labute approximate surface area is 190 Å². The molecule has 0 saturated carbocycles. The van der Waals surface area contributed by atoms with Crippen molar-refractivity contribution in [2.75, 3.05) is 0 Å². The topological polar surface area (TPSA) is 41.9 Å². The minimum atomic E-state index is -0.825. The molecule has 0 aromatic heterocycles. The number of hydrogen-bond acceptors (Lipinski definition) is 4. The molecular weight excluding hydrogens is 420 g/mol. The molecule has 156 valence electrons. The zero-order valence-corrected chi connectivity index (χ0v) is 17.9. The second-order valence-electron chi connectivity index (χ2n) is 8.09. The highest BCUT2D eigenvalue weighted by Gasteiger charge is 2.43. The van der Waals surface area contributed by atoms with Gasteiger partial charge in [0.2, 0.25) is 5.78 Å². The van der Waals surface area contributed by atoms with Crippen LogP contribution in [-0.4, -0.2) is 22.7 Å². The van der Waals surface area contributed by atoms with Gasteiger partial charge < -0.3 is 4.74 Å². The average molecular weight is 439 g/mol. The Morgan fingerprint density at radius 3 is 2.53 bits per heavy atom. The molecule has 6 rings (SSSR count). The van der Waals surface area contributed by atoms with Gasteiger partial charge in [-0.3, -0.25) is 4.79 Å². The van der Waals surface area contributed by atoms with E-state index in [0.29, 0.717) is 22.8 Å². The highest BCUT2D eigenvalue weighted by molar-refractivity contribution is 6.30. The molecular formula is C27H19ClN2O2. The fourth-order valence-corrected chi connectivity index (χ4v) is 4.70. The standard InChI is InChI=1S/C27H19ClN2O2/c28-21-12-13-25-22(15-21)24-16-23(20-11-10-17-6-4-5-9-19(17)14-20)29-30(24)27(32-25)26(31)18-7-2-1-3-8-18/h1-15,24,27H,16H2/t24-,27+/m1/s1. The summed E-state index contributed by atoms with van der Waals surface area (Å²) in [6, 6.07) is 29.3. The van der Waals surface area contributed by atoms with Crippen molar-refractivity contribution in [1.29, 1.82) is 0 Å². The number of ketones is 1. The van der Waals surface area contributed by atoms with Crippen LogP contribution < -0.4 is 4.74 Å². The van der Waals surface area contributed by atoms with Crippen molar-refractivity contribution in [2.24, 2.45) is 5.10 Å². The summed E-state index contributed by atoms with van der Waals surface area (Å²) in [5.74, 6) is 0.569. The number of hydrazone groups is 1. The minimum Gasteiger partial charge on any atom is -0.461 e. The van der Waals surface area contributed by atoms with E-state index in [2.05, 4.69) is 30.3 Å². The normalized spacial score (nSPS) is 19.2. The molecule has 2 aliphatic heterocycles. The highest BCUT2D eigenvalue weighted by atomic mass is 35.5. The lowest BCUT2D eigenvalue weighted by atomic mass is 9.95. The number of rotatable bonds is 3. The van der Waals surface area contributed by atoms with Crippen LogP contribution in [-0.2, 0) is 0 Å². The van der Waals surface area contributed by atoms with E-state index in [0.717, 1.165) is 22.2 Å². The first kappa shape index (κ1) is 19.1. The summed E-state index contributed by atoms with van der Waals surface area (Å²) >= 11 is 6.30. The molecule has 4 aromatic carbocycles. The maximum Gasteiger partial charge on any atom is 0.251 e. The molecule has 2 atom stereocenters. The van der Waals surface area contributed by atoms with Gasteiger partial charge in [0, 0.05) is 22.6 Å². The fourth-order valence-electron chi connectivity index (χ4n) is 4.52. The maximum absolute atomic E-state index is 13.4. The second kappa shape index (κ2) is 7.50. The van der Waals surface area contributed by atoms with E-state index in [1.807, 2.05) is 54.6 Å². The Balaban J connectivity index is 1.44. The number of halogens is 1. The van der Waals surface area contributed by atoms with Crippen LogP contribution in [0.1, 0.15) is 33.9 Å². The first-order valence-corrected chi connectivity index (χ1v) is 11.0. The number of ether oxygens (including phenoxy) is 1. The lowest BCUT2D eigenvalue weighted by Crippen LogP contribution is -2.45. The smallest absolute Gasteiger partial charge is 0.251 e. The van der Waals surface area contributed by atoms with Crippen LogP contribution in [0.2, 0.25) is 5.02 Å². The number of carbonyl (C=O) groups is 1. The second-order valence-corrected chi connectivity index (χ2v) is 8.53. The molecule has 2 heterocycles. The molecule has 4 aromatic rings. The van der Waals surface area contributed by atoms with E-state index in [9.17, 15) is 4.79 Å². The van der Waals surface area contributed by atoms with Crippen molar-refractivity contribution in [3.05, 3.63) is 113 Å². The van der Waals surface area contributed by atoms with Crippen LogP contribution in [0.25, 0.3) is 10.8 Å². The Morgan fingerprint density at radius 2 is 1.69 bits per heavy atom. The molecule has 0 N–H and O–H groups in total. The molecule has 4 nitrogen and oxygen atoms in total. The number of hydrogen-bond donors (Lipinski definition) is 0. The van der Waals surface area contributed by atoms with Crippen LogP contribution in [0.15, 0.2) is 96.1 Å². The highest BCUT2D eigenvalue weighted by Crippen LogP contribution is 2.44. The van der Waals surface area contributed by atoms with Gasteiger partial charge in [-0.25, -0.2) is 5.01 Å². The minimum absolute atomic E-state index is 0.111. The summed E-state index contributed by atoms with van der Waals surface area (Å²) in [4.78, 5) is 13.4. The van der Waals surface area contributed by atoms with Crippen molar-refractivity contribution in [3.63, 3.8) is 0 Å². The molecule has 0 fully saturated rings. The quantitative estimate of drug-likeness (QED) is 0.355. The van der Waals surface area contributed by atoms with Gasteiger partial charge in [0.05, 0.1) is 11.8 Å². The van der Waals surface area contributed by atoms with E-state index in [4.69, 9.17) is 21.4 Å². The monoisotopic (exact) mass is 438 g/mol. The summed E-state index contributed by atoms with van der Waals surface area (Å²) in [6.45, 7) is 0. The van der Waals surface area contributed by atoms with E-state index >= 15 is 0 Å². The number of benzene rings is 4. The SMILES string of the molecule is O=C(c1ccccc1)[C@@H]1Oc2ccc(Cl)cc2[C@H]2CC(c3ccc4ccccc4c3)=NN21. The summed E-state index contributed by atoms with van der Waals surface area (Å²) in [7, 11) is 0. The van der Waals surface area contributed by atoms with Gasteiger partial charge in [-0.05, 0) is 40.6 Å². The lowest BCUT2D eigenvalue weighted by molar-refractivity contribution is -0.00455. The molecule has 0 radical (unpaired) electrons. The lowest BCUT2D eigenvalue weighted by Gasteiger charge is -2.37. The van der Waals surface area contributed by atoms with Gasteiger partial charge in [-0.1, -0.05) is 78.3 Å². The molecule has 32 heavy (non-hydrogen) atoms. The van der Waals surface area contributed by atoms with Crippen LogP contribution in [0, 0.1) is 0 Å². The Hall–Kier alpha value is -3.63. The summed E-state index contributed by atoms with van der Waals surface area (Å²) in [6.07, 6.45) is -0.151. The van der Waals surface area contributed by atoms with Crippen LogP contribution in [0.4, 0.5) is 0 Å². The first-order valence-electron chi connectivity index (χ1n) is 10.6. The third-order valence-electron chi connectivity index (χ3n) is 6.12. The third kappa shape index (κ3) is 3.15. The molecule has 0 unspecified atom stereocenters. The number of Topliss-reactive ketones (excluding diaryl/α,β-unsaturated/α-hetero) is 1. The van der Waals surface area contributed by atoms with Gasteiger partial charge in [0.25, 0.3) is 6.23 Å². The van der Waals surface area contributed by atoms with Gasteiger partial charge >= 0.3 is 0 Å². The molecule has 0 bridgehead atoms. The fraction of sp³-hybridized carbons (Fsp3) is 0.111. The predicted octanol–water partition coefficient (Wildman–Crippen LogP) is 6.25. The van der Waals surface area contributed by atoms with Gasteiger partial charge in [-0.2, -0.15) is 5.10 Å². The van der Waals surface area contributed by atoms with E-state index in [1.165, 1.54) is 5.39 Å². The summed E-state index contributed by atoms with van der Waals surface area (Å²) in [5, 5.41) is 9.69. The van der Waals surface area contributed by atoms with Crippen LogP contribution in [0.5, 0.6) is 5.75 Å². The zero-order valence-electron chi connectivity index (χ0n) is 17.1. The zero-order chi connectivity index (χ0) is 21.7. The molecule has 0 aliphatic carbocycles. The van der Waals surface area contributed by atoms with E-state index < -0.39 is 6.23 Å². The Morgan fingerprint density at radius 1 is 0.906 bits per heavy atom. The summed E-state index contributed by atoms with van der Waals surface area (Å²) in [5.41, 5.74) is 3.53. The molecule has 2 aliphatic rings. The Bertz CT molecular complexity index is 1380. The predicted molar refractivity (Wildman–Crippen MR) is 126 cm³/mol. The van der Waals surface area contributed by atoms with E-state index in [1.54, 1.807) is 11.1 Å². The van der Waals surface area contributed by atoms with Gasteiger partial charge in [-0.15, -0.1) is 0 Å². The van der Waals surface area contributed by atoms with Gasteiger partial charge in [0.1, 0.15) is 5.75 Å². The van der Waals surface area contributed by atoms with Crippen LogP contribution in [0.3, 0.4) is 0 Å². The molecule has 0 saturated heterocycles. The van der Waals surface area contributed by atoms with Crippen molar-refractivity contribution in [1.82, 2.24) is 5.01 Å². The largest absolute Gasteiger partial charge is 0.461 e. The van der Waals surface area contributed by atoms with Crippen LogP contribution >= 0.6 is 11.6 Å². The average Bonchev–Trinajstić information content (AvgIpc) is 3.29. The van der Waals surface area contributed by atoms with Crippen molar-refractivity contribution in [3.8, 4) is 5.75 Å². The molecule has 0 spiro atoms. The Kier molecular flexibility index (Phi) is 4.47. The molecule has 5 heteroatoms. The van der Waals surface area contributed by atoms with Crippen molar-refractivity contribution >= 4 is 33.9 Å². The maximum atomic E-state index is 13.4. The first-order chi connectivity index (χ1) is 15.7. The van der Waals surface area contributed by atoms with Crippen molar-refractivity contribution < 1.29 is 9.53 Å². The molecule has 0 amide bonds. The number of nitrogens with zero attached hydrogens (tertiary/aromatic N) is 2. The van der Waals surface area contributed by atoms with Gasteiger partial charge in [0.15, 0.2) is 0 Å². The summed E-state index contributed by atoms with van der Waals surface area (Å²) < 4.78 is 6.18. The van der Waals surface area contributed by atoms with E-state index in [-0.39, 0.29) is 11.8 Å².